The van der Waals surface area contributed by atoms with Gasteiger partial charge in [0.2, 0.25) is 11.8 Å². The number of amides is 2. The lowest BCUT2D eigenvalue weighted by Gasteiger charge is -2.26. The van der Waals surface area contributed by atoms with Crippen molar-refractivity contribution in [2.45, 2.75) is 38.5 Å². The SMILES string of the molecule is O=C(/C=C\C(=O)N1CCCCC1)N1CCCCC1. The van der Waals surface area contributed by atoms with Crippen LogP contribution in [-0.4, -0.2) is 47.8 Å². The van der Waals surface area contributed by atoms with Crippen LogP contribution in [0.15, 0.2) is 12.2 Å². The summed E-state index contributed by atoms with van der Waals surface area (Å²) >= 11 is 0. The number of carbonyl (C=O) groups excluding carboxylic acids is 2. The molecular weight excluding hydrogens is 228 g/mol. The van der Waals surface area contributed by atoms with Crippen LogP contribution in [0, 0.1) is 0 Å². The summed E-state index contributed by atoms with van der Waals surface area (Å²) in [4.78, 5) is 27.4. The molecule has 0 atom stereocenters. The van der Waals surface area contributed by atoms with Crippen molar-refractivity contribution in [3.05, 3.63) is 12.2 Å². The van der Waals surface area contributed by atoms with Crippen molar-refractivity contribution < 1.29 is 9.59 Å². The van der Waals surface area contributed by atoms with Gasteiger partial charge in [-0.15, -0.1) is 0 Å². The third-order valence-corrected chi connectivity index (χ3v) is 3.70. The van der Waals surface area contributed by atoms with Crippen LogP contribution in [0.3, 0.4) is 0 Å². The standard InChI is InChI=1S/C14H22N2O2/c17-13(15-9-3-1-4-10-15)7-8-14(18)16-11-5-2-6-12-16/h7-8H,1-6,9-12H2/b8-7-. The Labute approximate surface area is 109 Å². The molecule has 0 aromatic rings. The molecule has 2 heterocycles. The molecule has 2 saturated heterocycles. The van der Waals surface area contributed by atoms with Crippen LogP contribution in [-0.2, 0) is 9.59 Å². The molecule has 2 amide bonds. The van der Waals surface area contributed by atoms with Crippen molar-refractivity contribution in [1.29, 1.82) is 0 Å². The zero-order chi connectivity index (χ0) is 12.8. The van der Waals surface area contributed by atoms with Crippen LogP contribution in [0.4, 0.5) is 0 Å². The van der Waals surface area contributed by atoms with Crippen LogP contribution in [0.25, 0.3) is 0 Å². The molecule has 2 rings (SSSR count). The molecule has 0 N–H and O–H groups in total. The molecule has 0 unspecified atom stereocenters. The maximum atomic E-state index is 11.9. The Bertz CT molecular complexity index is 295. The van der Waals surface area contributed by atoms with E-state index in [4.69, 9.17) is 0 Å². The van der Waals surface area contributed by atoms with Crippen LogP contribution in [0.5, 0.6) is 0 Å². The molecule has 4 nitrogen and oxygen atoms in total. The number of rotatable bonds is 2. The molecule has 0 aromatic carbocycles. The maximum Gasteiger partial charge on any atom is 0.246 e. The summed E-state index contributed by atoms with van der Waals surface area (Å²) in [7, 11) is 0. The van der Waals surface area contributed by atoms with Crippen molar-refractivity contribution in [2.24, 2.45) is 0 Å². The fourth-order valence-electron chi connectivity index (χ4n) is 2.58. The van der Waals surface area contributed by atoms with Gasteiger partial charge in [0.25, 0.3) is 0 Å². The highest BCUT2D eigenvalue weighted by Gasteiger charge is 2.16. The second kappa shape index (κ2) is 6.57. The monoisotopic (exact) mass is 250 g/mol. The molecule has 0 aromatic heterocycles. The Morgan fingerprint density at radius 1 is 0.611 bits per heavy atom. The predicted octanol–water partition coefficient (Wildman–Crippen LogP) is 1.57. The molecule has 4 heteroatoms. The summed E-state index contributed by atoms with van der Waals surface area (Å²) in [5.74, 6) is -0.0277. The summed E-state index contributed by atoms with van der Waals surface area (Å²) < 4.78 is 0. The molecule has 2 aliphatic heterocycles. The molecule has 100 valence electrons. The van der Waals surface area contributed by atoms with E-state index in [1.54, 1.807) is 0 Å². The Morgan fingerprint density at radius 2 is 0.944 bits per heavy atom. The molecule has 2 aliphatic rings. The van der Waals surface area contributed by atoms with Crippen molar-refractivity contribution in [1.82, 2.24) is 9.80 Å². The van der Waals surface area contributed by atoms with Gasteiger partial charge in [0.15, 0.2) is 0 Å². The van der Waals surface area contributed by atoms with E-state index in [2.05, 4.69) is 0 Å². The smallest absolute Gasteiger partial charge is 0.246 e. The third kappa shape index (κ3) is 3.59. The lowest BCUT2D eigenvalue weighted by Crippen LogP contribution is -2.36. The number of carbonyl (C=O) groups is 2. The number of likely N-dealkylation sites (tertiary alicyclic amines) is 2. The van der Waals surface area contributed by atoms with Crippen molar-refractivity contribution in [3.63, 3.8) is 0 Å². The van der Waals surface area contributed by atoms with Crippen LogP contribution in [0.2, 0.25) is 0 Å². The van der Waals surface area contributed by atoms with E-state index in [0.29, 0.717) is 0 Å². The molecule has 0 radical (unpaired) electrons. The summed E-state index contributed by atoms with van der Waals surface area (Å²) in [5, 5.41) is 0. The minimum Gasteiger partial charge on any atom is -0.339 e. The van der Waals surface area contributed by atoms with E-state index < -0.39 is 0 Å². The first-order chi connectivity index (χ1) is 8.77. The fraction of sp³-hybridized carbons (Fsp3) is 0.714. The Hall–Kier alpha value is -1.32. The second-order valence-electron chi connectivity index (χ2n) is 5.11. The maximum absolute atomic E-state index is 11.9. The summed E-state index contributed by atoms with van der Waals surface area (Å²) in [6.07, 6.45) is 9.64. The Kier molecular flexibility index (Phi) is 4.79. The summed E-state index contributed by atoms with van der Waals surface area (Å²) in [6, 6.07) is 0. The molecule has 0 aliphatic carbocycles. The first kappa shape index (κ1) is 13.1. The van der Waals surface area contributed by atoms with Crippen LogP contribution < -0.4 is 0 Å². The molecular formula is C14H22N2O2. The fourth-order valence-corrected chi connectivity index (χ4v) is 2.58. The van der Waals surface area contributed by atoms with Gasteiger partial charge in [-0.2, -0.15) is 0 Å². The van der Waals surface area contributed by atoms with Gasteiger partial charge >= 0.3 is 0 Å². The van der Waals surface area contributed by atoms with Gasteiger partial charge in [0, 0.05) is 38.3 Å². The van der Waals surface area contributed by atoms with E-state index in [-0.39, 0.29) is 11.8 Å². The van der Waals surface area contributed by atoms with E-state index in [1.165, 1.54) is 25.0 Å². The van der Waals surface area contributed by atoms with Crippen molar-refractivity contribution >= 4 is 11.8 Å². The van der Waals surface area contributed by atoms with Gasteiger partial charge in [0.05, 0.1) is 0 Å². The Balaban J connectivity index is 1.81. The van der Waals surface area contributed by atoms with E-state index in [1.807, 2.05) is 9.80 Å². The lowest BCUT2D eigenvalue weighted by molar-refractivity contribution is -0.129. The average Bonchev–Trinajstić information content (AvgIpc) is 2.46. The van der Waals surface area contributed by atoms with Gasteiger partial charge in [-0.25, -0.2) is 0 Å². The summed E-state index contributed by atoms with van der Waals surface area (Å²) in [6.45, 7) is 3.34. The number of piperidine rings is 2. The molecule has 0 spiro atoms. The van der Waals surface area contributed by atoms with E-state index in [9.17, 15) is 9.59 Å². The number of hydrogen-bond donors (Lipinski definition) is 0. The van der Waals surface area contributed by atoms with E-state index in [0.717, 1.165) is 51.9 Å². The normalized spacial score (nSPS) is 21.3. The first-order valence-corrected chi connectivity index (χ1v) is 7.03. The minimum atomic E-state index is -0.0138. The summed E-state index contributed by atoms with van der Waals surface area (Å²) in [5.41, 5.74) is 0. The minimum absolute atomic E-state index is 0.0138. The number of hydrogen-bond acceptors (Lipinski definition) is 2. The topological polar surface area (TPSA) is 40.6 Å². The largest absolute Gasteiger partial charge is 0.339 e. The highest BCUT2D eigenvalue weighted by Crippen LogP contribution is 2.10. The zero-order valence-electron chi connectivity index (χ0n) is 10.9. The van der Waals surface area contributed by atoms with Gasteiger partial charge in [-0.1, -0.05) is 0 Å². The molecule has 0 bridgehead atoms. The van der Waals surface area contributed by atoms with Crippen LogP contribution in [0.1, 0.15) is 38.5 Å². The van der Waals surface area contributed by atoms with Gasteiger partial charge < -0.3 is 9.80 Å². The molecule has 2 fully saturated rings. The predicted molar refractivity (Wildman–Crippen MR) is 70.0 cm³/mol. The number of nitrogens with zero attached hydrogens (tertiary/aromatic N) is 2. The van der Waals surface area contributed by atoms with Gasteiger partial charge in [0.1, 0.15) is 0 Å². The zero-order valence-corrected chi connectivity index (χ0v) is 10.9. The molecule has 18 heavy (non-hydrogen) atoms. The van der Waals surface area contributed by atoms with Gasteiger partial charge in [-0.05, 0) is 38.5 Å². The highest BCUT2D eigenvalue weighted by atomic mass is 16.2. The van der Waals surface area contributed by atoms with Crippen molar-refractivity contribution in [3.8, 4) is 0 Å². The third-order valence-electron chi connectivity index (χ3n) is 3.70. The lowest BCUT2D eigenvalue weighted by atomic mass is 10.1. The van der Waals surface area contributed by atoms with Crippen molar-refractivity contribution in [2.75, 3.05) is 26.2 Å². The highest BCUT2D eigenvalue weighted by molar-refractivity contribution is 5.96. The van der Waals surface area contributed by atoms with Gasteiger partial charge in [-0.3, -0.25) is 9.59 Å². The average molecular weight is 250 g/mol. The first-order valence-electron chi connectivity index (χ1n) is 7.03. The Morgan fingerprint density at radius 3 is 1.28 bits per heavy atom. The molecule has 0 saturated carbocycles. The quantitative estimate of drug-likeness (QED) is 0.698. The second-order valence-corrected chi connectivity index (χ2v) is 5.11. The van der Waals surface area contributed by atoms with E-state index >= 15 is 0 Å². The van der Waals surface area contributed by atoms with Crippen LogP contribution >= 0.6 is 0 Å².